The van der Waals surface area contributed by atoms with Crippen molar-refractivity contribution in [2.24, 2.45) is 5.92 Å². The van der Waals surface area contributed by atoms with E-state index in [-0.39, 0.29) is 12.2 Å². The minimum atomic E-state index is -0.814. The van der Waals surface area contributed by atoms with E-state index in [0.29, 0.717) is 12.5 Å². The molecule has 19 heavy (non-hydrogen) atoms. The van der Waals surface area contributed by atoms with Gasteiger partial charge in [-0.1, -0.05) is 0 Å². The second kappa shape index (κ2) is 6.10. The van der Waals surface area contributed by atoms with Crippen molar-refractivity contribution >= 4 is 5.97 Å². The molecule has 0 saturated heterocycles. The molecule has 0 spiro atoms. The summed E-state index contributed by atoms with van der Waals surface area (Å²) < 4.78 is 31.4. The Labute approximate surface area is 111 Å². The summed E-state index contributed by atoms with van der Waals surface area (Å²) in [5, 5.41) is 3.03. The van der Waals surface area contributed by atoms with Gasteiger partial charge in [0.1, 0.15) is 17.7 Å². The summed E-state index contributed by atoms with van der Waals surface area (Å²) in [7, 11) is 0. The number of benzene rings is 1. The first-order valence-corrected chi connectivity index (χ1v) is 6.46. The second-order valence-corrected chi connectivity index (χ2v) is 4.74. The Balaban J connectivity index is 2.15. The first kappa shape index (κ1) is 13.9. The van der Waals surface area contributed by atoms with E-state index in [0.717, 1.165) is 31.0 Å². The van der Waals surface area contributed by atoms with Gasteiger partial charge in [-0.2, -0.15) is 0 Å². The lowest BCUT2D eigenvalue weighted by Crippen LogP contribution is -2.32. The molecule has 1 aliphatic rings. The minimum Gasteiger partial charge on any atom is -0.465 e. The van der Waals surface area contributed by atoms with Crippen molar-refractivity contribution in [3.63, 3.8) is 0 Å². The predicted octanol–water partition coefficient (Wildman–Crippen LogP) is 2.57. The van der Waals surface area contributed by atoms with E-state index in [2.05, 4.69) is 5.32 Å². The maximum absolute atomic E-state index is 13.2. The largest absolute Gasteiger partial charge is 0.465 e. The van der Waals surface area contributed by atoms with Crippen molar-refractivity contribution in [3.8, 4) is 0 Å². The fourth-order valence-electron chi connectivity index (χ4n) is 1.91. The lowest BCUT2D eigenvalue weighted by atomic mass is 10.1. The lowest BCUT2D eigenvalue weighted by molar-refractivity contribution is -0.145. The van der Waals surface area contributed by atoms with Crippen LogP contribution in [0.1, 0.15) is 31.4 Å². The monoisotopic (exact) mass is 269 g/mol. The molecule has 0 radical (unpaired) electrons. The molecule has 104 valence electrons. The Bertz CT molecular complexity index is 441. The number of carbonyl (C=O) groups is 1. The van der Waals surface area contributed by atoms with Gasteiger partial charge in [-0.05, 0) is 49.9 Å². The van der Waals surface area contributed by atoms with Gasteiger partial charge in [0.15, 0.2) is 0 Å². The van der Waals surface area contributed by atoms with Crippen LogP contribution >= 0.6 is 0 Å². The van der Waals surface area contributed by atoms with Gasteiger partial charge in [-0.15, -0.1) is 0 Å². The van der Waals surface area contributed by atoms with Crippen LogP contribution in [0.5, 0.6) is 0 Å². The zero-order valence-corrected chi connectivity index (χ0v) is 10.8. The van der Waals surface area contributed by atoms with E-state index >= 15 is 0 Å². The fraction of sp³-hybridized carbons (Fsp3) is 0.500. The highest BCUT2D eigenvalue weighted by Crippen LogP contribution is 2.29. The zero-order chi connectivity index (χ0) is 13.8. The SMILES string of the molecule is CCOC(=O)C(NCC1CC1)c1cc(F)cc(F)c1. The molecule has 3 nitrogen and oxygen atoms in total. The molecule has 1 saturated carbocycles. The van der Waals surface area contributed by atoms with Crippen molar-refractivity contribution in [1.29, 1.82) is 0 Å². The fourth-order valence-corrected chi connectivity index (χ4v) is 1.91. The van der Waals surface area contributed by atoms with Crippen LogP contribution in [0.2, 0.25) is 0 Å². The zero-order valence-electron chi connectivity index (χ0n) is 10.8. The van der Waals surface area contributed by atoms with Crippen LogP contribution in [0.3, 0.4) is 0 Å². The number of esters is 1. The van der Waals surface area contributed by atoms with E-state index in [1.165, 1.54) is 0 Å². The molecule has 1 atom stereocenters. The number of rotatable bonds is 6. The summed E-state index contributed by atoms with van der Waals surface area (Å²) in [6, 6.07) is 2.28. The molecule has 1 fully saturated rings. The average Bonchev–Trinajstić information content (AvgIpc) is 3.12. The van der Waals surface area contributed by atoms with Crippen molar-refractivity contribution < 1.29 is 18.3 Å². The molecule has 0 bridgehead atoms. The number of halogens is 2. The molecule has 0 aliphatic heterocycles. The quantitative estimate of drug-likeness (QED) is 0.807. The molecule has 1 aliphatic carbocycles. The summed E-state index contributed by atoms with van der Waals surface area (Å²) in [5.41, 5.74) is 0.261. The summed E-state index contributed by atoms with van der Waals surface area (Å²) in [4.78, 5) is 11.9. The third kappa shape index (κ3) is 3.99. The highest BCUT2D eigenvalue weighted by Gasteiger charge is 2.27. The second-order valence-electron chi connectivity index (χ2n) is 4.74. The summed E-state index contributed by atoms with van der Waals surface area (Å²) in [5.74, 6) is -1.35. The molecule has 1 unspecified atom stereocenters. The number of ether oxygens (including phenoxy) is 1. The number of carbonyl (C=O) groups excluding carboxylic acids is 1. The summed E-state index contributed by atoms with van der Waals surface area (Å²) in [6.45, 7) is 2.59. The Morgan fingerprint density at radius 2 is 2.00 bits per heavy atom. The smallest absolute Gasteiger partial charge is 0.327 e. The number of hydrogen-bond acceptors (Lipinski definition) is 3. The molecule has 0 aromatic heterocycles. The first-order chi connectivity index (χ1) is 9.10. The van der Waals surface area contributed by atoms with E-state index in [4.69, 9.17) is 4.74 Å². The third-order valence-corrected chi connectivity index (χ3v) is 3.05. The standard InChI is InChI=1S/C14H17F2NO2/c1-2-19-14(18)13(17-8-9-3-4-9)10-5-11(15)7-12(16)6-10/h5-7,9,13,17H,2-4,8H2,1H3. The van der Waals surface area contributed by atoms with Crippen molar-refractivity contribution in [3.05, 3.63) is 35.4 Å². The Kier molecular flexibility index (Phi) is 4.47. The van der Waals surface area contributed by atoms with Gasteiger partial charge in [0.05, 0.1) is 6.61 Å². The normalized spacial score (nSPS) is 16.2. The van der Waals surface area contributed by atoms with E-state index in [1.54, 1.807) is 6.92 Å². The van der Waals surface area contributed by atoms with Crippen LogP contribution in [0.4, 0.5) is 8.78 Å². The van der Waals surface area contributed by atoms with Crippen LogP contribution in [0.15, 0.2) is 18.2 Å². The third-order valence-electron chi connectivity index (χ3n) is 3.05. The van der Waals surface area contributed by atoms with Gasteiger partial charge in [0.2, 0.25) is 0 Å². The van der Waals surface area contributed by atoms with Gasteiger partial charge in [-0.3, -0.25) is 0 Å². The lowest BCUT2D eigenvalue weighted by Gasteiger charge is -2.17. The minimum absolute atomic E-state index is 0.234. The van der Waals surface area contributed by atoms with Gasteiger partial charge < -0.3 is 10.1 Å². The van der Waals surface area contributed by atoms with E-state index < -0.39 is 23.6 Å². The highest BCUT2D eigenvalue weighted by molar-refractivity contribution is 5.77. The molecule has 1 aromatic carbocycles. The van der Waals surface area contributed by atoms with Crippen LogP contribution < -0.4 is 5.32 Å². The molecule has 0 amide bonds. The van der Waals surface area contributed by atoms with E-state index in [9.17, 15) is 13.6 Å². The Hall–Kier alpha value is -1.49. The van der Waals surface area contributed by atoms with Gasteiger partial charge in [0, 0.05) is 6.07 Å². The number of nitrogens with one attached hydrogen (secondary N) is 1. The van der Waals surface area contributed by atoms with Crippen LogP contribution in [-0.4, -0.2) is 19.1 Å². The molecular weight excluding hydrogens is 252 g/mol. The van der Waals surface area contributed by atoms with E-state index in [1.807, 2.05) is 0 Å². The Morgan fingerprint density at radius 1 is 1.37 bits per heavy atom. The Morgan fingerprint density at radius 3 is 2.53 bits per heavy atom. The average molecular weight is 269 g/mol. The van der Waals surface area contributed by atoms with Crippen molar-refractivity contribution in [1.82, 2.24) is 5.32 Å². The number of hydrogen-bond donors (Lipinski definition) is 1. The maximum Gasteiger partial charge on any atom is 0.327 e. The molecular formula is C14H17F2NO2. The topological polar surface area (TPSA) is 38.3 Å². The highest BCUT2D eigenvalue weighted by atomic mass is 19.1. The van der Waals surface area contributed by atoms with Gasteiger partial charge >= 0.3 is 5.97 Å². The van der Waals surface area contributed by atoms with Crippen molar-refractivity contribution in [2.75, 3.05) is 13.2 Å². The first-order valence-electron chi connectivity index (χ1n) is 6.46. The maximum atomic E-state index is 13.2. The van der Waals surface area contributed by atoms with Crippen molar-refractivity contribution in [2.45, 2.75) is 25.8 Å². The van der Waals surface area contributed by atoms with Gasteiger partial charge in [-0.25, -0.2) is 13.6 Å². The van der Waals surface area contributed by atoms with Crippen LogP contribution in [0.25, 0.3) is 0 Å². The van der Waals surface area contributed by atoms with Crippen LogP contribution in [-0.2, 0) is 9.53 Å². The summed E-state index contributed by atoms with van der Waals surface area (Å²) in [6.07, 6.45) is 2.25. The molecule has 0 heterocycles. The summed E-state index contributed by atoms with van der Waals surface area (Å²) >= 11 is 0. The molecule has 1 aromatic rings. The molecule has 2 rings (SSSR count). The van der Waals surface area contributed by atoms with Crippen LogP contribution in [0, 0.1) is 17.6 Å². The predicted molar refractivity (Wildman–Crippen MR) is 66.5 cm³/mol. The molecule has 1 N–H and O–H groups in total. The molecule has 5 heteroatoms. The van der Waals surface area contributed by atoms with Gasteiger partial charge in [0.25, 0.3) is 0 Å².